The summed E-state index contributed by atoms with van der Waals surface area (Å²) in [5.41, 5.74) is -0.118. The second kappa shape index (κ2) is 7.08. The highest BCUT2D eigenvalue weighted by Crippen LogP contribution is 2.12. The molecule has 0 saturated carbocycles. The minimum absolute atomic E-state index is 0.118. The Balaban J connectivity index is 2.69. The van der Waals surface area contributed by atoms with Gasteiger partial charge in [-0.25, -0.2) is 13.6 Å². The first-order valence-electron chi connectivity index (χ1n) is 5.51. The maximum absolute atomic E-state index is 13.3. The zero-order valence-corrected chi connectivity index (χ0v) is 10.8. The summed E-state index contributed by atoms with van der Waals surface area (Å²) < 4.78 is 26.3. The first kappa shape index (κ1) is 15.4. The van der Waals surface area contributed by atoms with Crippen molar-refractivity contribution in [3.05, 3.63) is 35.4 Å². The second-order valence-corrected chi connectivity index (χ2v) is 4.31. The molecular formula is C12H13F2NO3S. The quantitative estimate of drug-likeness (QED) is 0.693. The number of nitrogens with one attached hydrogen (secondary N) is 1. The van der Waals surface area contributed by atoms with E-state index in [0.29, 0.717) is 0 Å². The highest BCUT2D eigenvalue weighted by Gasteiger charge is 2.20. The average molecular weight is 289 g/mol. The van der Waals surface area contributed by atoms with Gasteiger partial charge in [0.15, 0.2) is 11.6 Å². The van der Waals surface area contributed by atoms with Crippen LogP contribution in [0.5, 0.6) is 0 Å². The molecule has 1 aromatic rings. The molecular weight excluding hydrogens is 276 g/mol. The Morgan fingerprint density at radius 2 is 2.05 bits per heavy atom. The molecule has 0 aromatic heterocycles. The molecule has 0 aliphatic rings. The Kier molecular flexibility index (Phi) is 5.75. The van der Waals surface area contributed by atoms with Gasteiger partial charge in [0, 0.05) is 5.56 Å². The Labute approximate surface area is 114 Å². The topological polar surface area (TPSA) is 66.4 Å². The number of benzene rings is 1. The first-order chi connectivity index (χ1) is 8.95. The van der Waals surface area contributed by atoms with E-state index in [4.69, 9.17) is 5.11 Å². The van der Waals surface area contributed by atoms with Gasteiger partial charge >= 0.3 is 5.97 Å². The number of aliphatic carboxylic acids is 1. The predicted octanol–water partition coefficient (Wildman–Crippen LogP) is 1.40. The Bertz CT molecular complexity index is 482. The molecule has 0 bridgehead atoms. The van der Waals surface area contributed by atoms with Gasteiger partial charge in [0.05, 0.1) is 6.42 Å². The molecule has 1 atom stereocenters. The molecule has 0 heterocycles. The number of carboxylic acids is 1. The van der Waals surface area contributed by atoms with E-state index >= 15 is 0 Å². The molecule has 1 rings (SSSR count). The molecule has 0 fully saturated rings. The standard InChI is InChI=1S/C12H13F2NO3S/c13-8-3-1-2-7(11(8)14)6-10(16)15-9(4-5-19)12(17)18/h1-3,9,19H,4-6H2,(H,15,16)(H,17,18). The first-order valence-corrected chi connectivity index (χ1v) is 6.15. The van der Waals surface area contributed by atoms with Crippen LogP contribution in [0.25, 0.3) is 0 Å². The third kappa shape index (κ3) is 4.51. The smallest absolute Gasteiger partial charge is 0.326 e. The third-order valence-electron chi connectivity index (χ3n) is 2.43. The van der Waals surface area contributed by atoms with Crippen LogP contribution in [0.1, 0.15) is 12.0 Å². The van der Waals surface area contributed by atoms with E-state index in [1.807, 2.05) is 0 Å². The average Bonchev–Trinajstić information content (AvgIpc) is 2.34. The molecule has 2 N–H and O–H groups in total. The van der Waals surface area contributed by atoms with Crippen molar-refractivity contribution >= 4 is 24.5 Å². The Morgan fingerprint density at radius 1 is 1.37 bits per heavy atom. The molecule has 1 unspecified atom stereocenters. The van der Waals surface area contributed by atoms with E-state index in [0.717, 1.165) is 6.07 Å². The number of hydrogen-bond donors (Lipinski definition) is 3. The van der Waals surface area contributed by atoms with Gasteiger partial charge in [0.1, 0.15) is 6.04 Å². The van der Waals surface area contributed by atoms with E-state index in [1.54, 1.807) is 0 Å². The number of carbonyl (C=O) groups is 2. The van der Waals surface area contributed by atoms with Crippen LogP contribution in [0.15, 0.2) is 18.2 Å². The molecule has 0 aliphatic heterocycles. The fourth-order valence-corrected chi connectivity index (χ4v) is 1.75. The van der Waals surface area contributed by atoms with E-state index in [9.17, 15) is 18.4 Å². The van der Waals surface area contributed by atoms with Gasteiger partial charge in [-0.1, -0.05) is 12.1 Å². The Hall–Kier alpha value is -1.63. The number of thiol groups is 1. The van der Waals surface area contributed by atoms with Crippen molar-refractivity contribution in [3.63, 3.8) is 0 Å². The lowest BCUT2D eigenvalue weighted by atomic mass is 10.1. The van der Waals surface area contributed by atoms with Crippen LogP contribution < -0.4 is 5.32 Å². The number of hydrogen-bond acceptors (Lipinski definition) is 3. The van der Waals surface area contributed by atoms with E-state index < -0.39 is 36.0 Å². The summed E-state index contributed by atoms with van der Waals surface area (Å²) in [6.07, 6.45) is -0.268. The number of carbonyl (C=O) groups excluding carboxylic acids is 1. The summed E-state index contributed by atoms with van der Waals surface area (Å²) in [4.78, 5) is 22.4. The largest absolute Gasteiger partial charge is 0.480 e. The fraction of sp³-hybridized carbons (Fsp3) is 0.333. The third-order valence-corrected chi connectivity index (χ3v) is 2.69. The molecule has 19 heavy (non-hydrogen) atoms. The van der Waals surface area contributed by atoms with Gasteiger partial charge < -0.3 is 10.4 Å². The van der Waals surface area contributed by atoms with Crippen molar-refractivity contribution in [2.45, 2.75) is 18.9 Å². The van der Waals surface area contributed by atoms with Crippen molar-refractivity contribution in [1.82, 2.24) is 5.32 Å². The lowest BCUT2D eigenvalue weighted by molar-refractivity contribution is -0.141. The lowest BCUT2D eigenvalue weighted by Crippen LogP contribution is -2.41. The van der Waals surface area contributed by atoms with Gasteiger partial charge in [-0.3, -0.25) is 4.79 Å². The van der Waals surface area contributed by atoms with Crippen LogP contribution >= 0.6 is 12.6 Å². The van der Waals surface area contributed by atoms with Gasteiger partial charge in [0.2, 0.25) is 5.91 Å². The van der Waals surface area contributed by atoms with Gasteiger partial charge in [0.25, 0.3) is 0 Å². The maximum atomic E-state index is 13.3. The summed E-state index contributed by atoms with van der Waals surface area (Å²) in [7, 11) is 0. The van der Waals surface area contributed by atoms with Crippen molar-refractivity contribution in [1.29, 1.82) is 0 Å². The molecule has 1 aromatic carbocycles. The molecule has 1 amide bonds. The van der Waals surface area contributed by atoms with Crippen molar-refractivity contribution < 1.29 is 23.5 Å². The van der Waals surface area contributed by atoms with Crippen LogP contribution in [0, 0.1) is 11.6 Å². The molecule has 0 radical (unpaired) electrons. The van der Waals surface area contributed by atoms with Crippen LogP contribution in [-0.2, 0) is 16.0 Å². The minimum Gasteiger partial charge on any atom is -0.480 e. The molecule has 0 saturated heterocycles. The number of rotatable bonds is 6. The van der Waals surface area contributed by atoms with E-state index in [-0.39, 0.29) is 17.7 Å². The zero-order valence-electron chi connectivity index (χ0n) is 9.90. The van der Waals surface area contributed by atoms with Gasteiger partial charge in [-0.15, -0.1) is 0 Å². The minimum atomic E-state index is -1.19. The van der Waals surface area contributed by atoms with E-state index in [2.05, 4.69) is 17.9 Å². The molecule has 104 valence electrons. The molecule has 0 aliphatic carbocycles. The summed E-state index contributed by atoms with van der Waals surface area (Å²) in [6.45, 7) is 0. The van der Waals surface area contributed by atoms with Crippen molar-refractivity contribution in [3.8, 4) is 0 Å². The normalized spacial score (nSPS) is 11.9. The highest BCUT2D eigenvalue weighted by atomic mass is 32.1. The van der Waals surface area contributed by atoms with Crippen molar-refractivity contribution in [2.24, 2.45) is 0 Å². The SMILES string of the molecule is O=C(Cc1cccc(F)c1F)NC(CCS)C(=O)O. The second-order valence-electron chi connectivity index (χ2n) is 3.86. The summed E-state index contributed by atoms with van der Waals surface area (Å²) >= 11 is 3.88. The molecule has 7 heteroatoms. The van der Waals surface area contributed by atoms with E-state index in [1.165, 1.54) is 12.1 Å². The molecule has 0 spiro atoms. The zero-order chi connectivity index (χ0) is 14.4. The summed E-state index contributed by atoms with van der Waals surface area (Å²) in [5.74, 6) is -3.74. The fourth-order valence-electron chi connectivity index (χ4n) is 1.49. The van der Waals surface area contributed by atoms with Crippen LogP contribution in [0.2, 0.25) is 0 Å². The monoisotopic (exact) mass is 289 g/mol. The molecule has 4 nitrogen and oxygen atoms in total. The van der Waals surface area contributed by atoms with Crippen LogP contribution in [0.3, 0.4) is 0 Å². The number of halogens is 2. The number of amides is 1. The van der Waals surface area contributed by atoms with Crippen molar-refractivity contribution in [2.75, 3.05) is 5.75 Å². The maximum Gasteiger partial charge on any atom is 0.326 e. The van der Waals surface area contributed by atoms with Gasteiger partial charge in [-0.05, 0) is 18.2 Å². The number of carboxylic acid groups (broad SMARTS) is 1. The summed E-state index contributed by atoms with van der Waals surface area (Å²) in [5, 5.41) is 11.1. The Morgan fingerprint density at radius 3 is 2.63 bits per heavy atom. The van der Waals surface area contributed by atoms with Crippen LogP contribution in [-0.4, -0.2) is 28.8 Å². The predicted molar refractivity (Wildman–Crippen MR) is 68.1 cm³/mol. The highest BCUT2D eigenvalue weighted by molar-refractivity contribution is 7.80. The lowest BCUT2D eigenvalue weighted by Gasteiger charge is -2.13. The van der Waals surface area contributed by atoms with Gasteiger partial charge in [-0.2, -0.15) is 12.6 Å². The van der Waals surface area contributed by atoms with Crippen LogP contribution in [0.4, 0.5) is 8.78 Å². The summed E-state index contributed by atoms with van der Waals surface area (Å²) in [6, 6.07) is 2.41.